The average molecular weight is 526 g/mol. The summed E-state index contributed by atoms with van der Waals surface area (Å²) < 4.78 is 15.2. The number of nitrogens with zero attached hydrogens (tertiary/aromatic N) is 7. The van der Waals surface area contributed by atoms with Crippen LogP contribution < -0.4 is 20.4 Å². The molecule has 198 valence electrons. The lowest BCUT2D eigenvalue weighted by Crippen LogP contribution is -2.45. The van der Waals surface area contributed by atoms with Gasteiger partial charge in [-0.1, -0.05) is 12.1 Å². The summed E-state index contributed by atoms with van der Waals surface area (Å²) in [7, 11) is 0. The van der Waals surface area contributed by atoms with Crippen LogP contribution in [0.2, 0.25) is 0 Å². The Labute approximate surface area is 224 Å². The van der Waals surface area contributed by atoms with E-state index >= 15 is 4.39 Å². The van der Waals surface area contributed by atoms with Crippen LogP contribution in [0.3, 0.4) is 0 Å². The number of aromatic nitrogens is 5. The molecule has 0 saturated carbocycles. The summed E-state index contributed by atoms with van der Waals surface area (Å²) >= 11 is 0. The lowest BCUT2D eigenvalue weighted by atomic mass is 9.73. The second-order valence-electron chi connectivity index (χ2n) is 11.1. The first-order chi connectivity index (χ1) is 19.0. The topological polar surface area (TPSA) is 120 Å². The number of hydrogen-bond donors (Lipinski definition) is 2. The van der Waals surface area contributed by atoms with Crippen LogP contribution in [0.4, 0.5) is 27.4 Å². The van der Waals surface area contributed by atoms with E-state index in [1.165, 1.54) is 11.6 Å². The Bertz CT molecular complexity index is 1640. The Hall–Kier alpha value is -4.12. The number of nitrogens with two attached hydrogens (primary N) is 1. The van der Waals surface area contributed by atoms with E-state index in [9.17, 15) is 4.79 Å². The number of pyridine rings is 1. The number of carbonyl (C=O) groups is 1. The first kappa shape index (κ1) is 22.8. The van der Waals surface area contributed by atoms with Gasteiger partial charge in [-0.05, 0) is 54.4 Å². The number of benzene rings is 1. The van der Waals surface area contributed by atoms with Crippen LogP contribution >= 0.6 is 0 Å². The quantitative estimate of drug-likeness (QED) is 0.410. The van der Waals surface area contributed by atoms with Crippen molar-refractivity contribution in [3.63, 3.8) is 0 Å². The number of anilines is 4. The van der Waals surface area contributed by atoms with Gasteiger partial charge in [0, 0.05) is 50.5 Å². The van der Waals surface area contributed by atoms with E-state index < -0.39 is 0 Å². The van der Waals surface area contributed by atoms with Crippen molar-refractivity contribution in [2.45, 2.75) is 38.1 Å². The molecule has 1 amide bonds. The predicted molar refractivity (Wildman–Crippen MR) is 145 cm³/mol. The van der Waals surface area contributed by atoms with Crippen molar-refractivity contribution < 1.29 is 9.18 Å². The molecule has 1 spiro atoms. The molecule has 0 radical (unpaired) electrons. The first-order valence-corrected chi connectivity index (χ1v) is 13.6. The van der Waals surface area contributed by atoms with Crippen LogP contribution in [0.25, 0.3) is 11.2 Å². The normalized spacial score (nSPS) is 21.5. The van der Waals surface area contributed by atoms with Crippen LogP contribution in [0.15, 0.2) is 36.7 Å². The zero-order valence-corrected chi connectivity index (χ0v) is 21.4. The molecule has 4 aliphatic rings. The SMILES string of the molecule is N[C@@H]1c2cccnc2CC12CCN(c1cnc3c(N4CCN5C(=O)CCc6ccc(F)c4c65)n[nH]c3n1)CC2. The summed E-state index contributed by atoms with van der Waals surface area (Å²) in [6.07, 6.45) is 7.53. The fraction of sp³-hybridized carbons (Fsp3) is 0.393. The van der Waals surface area contributed by atoms with E-state index in [0.29, 0.717) is 54.3 Å². The number of H-pyrrole nitrogens is 1. The number of amides is 1. The Kier molecular flexibility index (Phi) is 4.79. The van der Waals surface area contributed by atoms with Crippen molar-refractivity contribution in [1.29, 1.82) is 0 Å². The smallest absolute Gasteiger partial charge is 0.227 e. The van der Waals surface area contributed by atoms with Gasteiger partial charge >= 0.3 is 0 Å². The van der Waals surface area contributed by atoms with E-state index in [1.807, 2.05) is 17.2 Å². The van der Waals surface area contributed by atoms with Crippen LogP contribution in [-0.2, 0) is 17.6 Å². The van der Waals surface area contributed by atoms with Crippen LogP contribution in [0.5, 0.6) is 0 Å². The maximum Gasteiger partial charge on any atom is 0.227 e. The minimum atomic E-state index is -0.376. The van der Waals surface area contributed by atoms with Gasteiger partial charge in [-0.3, -0.25) is 14.9 Å². The van der Waals surface area contributed by atoms with Crippen LogP contribution in [0.1, 0.15) is 42.1 Å². The molecule has 3 aromatic heterocycles. The maximum atomic E-state index is 15.2. The largest absolute Gasteiger partial charge is 0.355 e. The van der Waals surface area contributed by atoms with Gasteiger partial charge in [0.15, 0.2) is 17.0 Å². The van der Waals surface area contributed by atoms with E-state index in [1.54, 1.807) is 17.2 Å². The zero-order valence-electron chi connectivity index (χ0n) is 21.4. The average Bonchev–Trinajstić information content (AvgIpc) is 3.50. The minimum Gasteiger partial charge on any atom is -0.355 e. The molecule has 1 saturated heterocycles. The molecule has 39 heavy (non-hydrogen) atoms. The standard InChI is InChI=1S/C28H28FN9O/c29-18-5-3-16-4-6-21(39)37-12-13-38(24(18)23(16)37)27-22-26(34-35-27)33-20(15-32-22)36-10-7-28(8-11-36)14-19-17(25(28)30)2-1-9-31-19/h1-3,5,9,15,25H,4,6-8,10-14,30H2,(H,33,34,35)/t25-/m1/s1. The molecule has 11 heteroatoms. The number of halogens is 1. The van der Waals surface area contributed by atoms with Crippen molar-refractivity contribution in [3.8, 4) is 0 Å². The van der Waals surface area contributed by atoms with Gasteiger partial charge in [0.25, 0.3) is 0 Å². The molecular formula is C28H28FN9O. The van der Waals surface area contributed by atoms with Crippen molar-refractivity contribution >= 4 is 40.1 Å². The Morgan fingerprint density at radius 3 is 2.72 bits per heavy atom. The van der Waals surface area contributed by atoms with Gasteiger partial charge in [-0.2, -0.15) is 5.10 Å². The molecule has 1 aliphatic carbocycles. The van der Waals surface area contributed by atoms with Crippen LogP contribution in [-0.4, -0.2) is 57.2 Å². The van der Waals surface area contributed by atoms with Crippen molar-refractivity contribution in [1.82, 2.24) is 25.1 Å². The lowest BCUT2D eigenvalue weighted by Gasteiger charge is -2.42. The molecule has 6 heterocycles. The van der Waals surface area contributed by atoms with E-state index in [2.05, 4.69) is 26.1 Å². The number of hydrogen-bond acceptors (Lipinski definition) is 8. The van der Waals surface area contributed by atoms with Crippen molar-refractivity contribution in [3.05, 3.63) is 59.3 Å². The third-order valence-electron chi connectivity index (χ3n) is 9.20. The number of carbonyl (C=O) groups excluding carboxylic acids is 1. The number of aryl methyl sites for hydroxylation is 1. The molecule has 8 rings (SSSR count). The van der Waals surface area contributed by atoms with Gasteiger partial charge in [0.1, 0.15) is 17.3 Å². The third-order valence-corrected chi connectivity index (χ3v) is 9.20. The molecule has 3 aliphatic heterocycles. The first-order valence-electron chi connectivity index (χ1n) is 13.6. The number of aromatic amines is 1. The molecule has 1 atom stereocenters. The number of rotatable bonds is 2. The lowest BCUT2D eigenvalue weighted by molar-refractivity contribution is -0.118. The van der Waals surface area contributed by atoms with Crippen molar-refractivity contribution in [2.24, 2.45) is 11.1 Å². The molecular weight excluding hydrogens is 497 g/mol. The highest BCUT2D eigenvalue weighted by atomic mass is 19.1. The van der Waals surface area contributed by atoms with Gasteiger partial charge in [0.2, 0.25) is 5.91 Å². The van der Waals surface area contributed by atoms with E-state index in [-0.39, 0.29) is 23.2 Å². The second-order valence-corrected chi connectivity index (χ2v) is 11.1. The second kappa shape index (κ2) is 8.19. The fourth-order valence-corrected chi connectivity index (χ4v) is 7.06. The molecule has 1 fully saturated rings. The molecule has 1 aromatic carbocycles. The number of fused-ring (bicyclic) bond motifs is 2. The molecule has 10 nitrogen and oxygen atoms in total. The van der Waals surface area contributed by atoms with Gasteiger partial charge in [0.05, 0.1) is 11.9 Å². The summed E-state index contributed by atoms with van der Waals surface area (Å²) in [5.74, 6) is 0.966. The fourth-order valence-electron chi connectivity index (χ4n) is 7.06. The Morgan fingerprint density at radius 2 is 1.87 bits per heavy atom. The number of nitrogens with one attached hydrogen (secondary N) is 1. The minimum absolute atomic E-state index is 0.00645. The van der Waals surface area contributed by atoms with Gasteiger partial charge in [-0.15, -0.1) is 0 Å². The summed E-state index contributed by atoms with van der Waals surface area (Å²) in [6.45, 7) is 2.56. The summed E-state index contributed by atoms with van der Waals surface area (Å²) in [5.41, 5.74) is 12.2. The highest BCUT2D eigenvalue weighted by molar-refractivity contribution is 6.03. The summed E-state index contributed by atoms with van der Waals surface area (Å²) in [6, 6.07) is 7.34. The maximum absolute atomic E-state index is 15.2. The summed E-state index contributed by atoms with van der Waals surface area (Å²) in [4.78, 5) is 32.5. The number of piperidine rings is 1. The molecule has 0 unspecified atom stereocenters. The van der Waals surface area contributed by atoms with Gasteiger partial charge < -0.3 is 20.4 Å². The highest BCUT2D eigenvalue weighted by Gasteiger charge is 2.46. The monoisotopic (exact) mass is 525 g/mol. The Morgan fingerprint density at radius 1 is 1.03 bits per heavy atom. The Balaban J connectivity index is 1.07. The zero-order chi connectivity index (χ0) is 26.3. The van der Waals surface area contributed by atoms with Crippen LogP contribution in [0, 0.1) is 11.2 Å². The predicted octanol–water partition coefficient (Wildman–Crippen LogP) is 3.16. The molecule has 4 aromatic rings. The van der Waals surface area contributed by atoms with E-state index in [4.69, 9.17) is 15.7 Å². The molecule has 0 bridgehead atoms. The third kappa shape index (κ3) is 3.25. The highest BCUT2D eigenvalue weighted by Crippen LogP contribution is 2.50. The van der Waals surface area contributed by atoms with Crippen molar-refractivity contribution in [2.75, 3.05) is 40.9 Å². The summed E-state index contributed by atoms with van der Waals surface area (Å²) in [5, 5.41) is 7.54. The van der Waals surface area contributed by atoms with E-state index in [0.717, 1.165) is 49.4 Å². The molecule has 3 N–H and O–H groups in total. The van der Waals surface area contributed by atoms with Gasteiger partial charge in [-0.25, -0.2) is 14.4 Å².